The van der Waals surface area contributed by atoms with Crippen molar-refractivity contribution in [2.24, 2.45) is 5.16 Å². The third-order valence-corrected chi connectivity index (χ3v) is 5.00. The molecule has 0 bridgehead atoms. The fraction of sp³-hybridized carbons (Fsp3) is 0.391. The van der Waals surface area contributed by atoms with E-state index in [4.69, 9.17) is 23.8 Å². The Labute approximate surface area is 182 Å². The highest BCUT2D eigenvalue weighted by atomic mass is 16.6. The zero-order valence-corrected chi connectivity index (χ0v) is 18.3. The maximum atomic E-state index is 12.6. The van der Waals surface area contributed by atoms with Gasteiger partial charge in [-0.05, 0) is 35.9 Å². The number of hydrogen-bond donors (Lipinski definition) is 0. The Morgan fingerprint density at radius 2 is 1.87 bits per heavy atom. The summed E-state index contributed by atoms with van der Waals surface area (Å²) in [6.45, 7) is 0.810. The van der Waals surface area contributed by atoms with E-state index in [-0.39, 0.29) is 18.6 Å². The van der Waals surface area contributed by atoms with Gasteiger partial charge >= 0.3 is 0 Å². The van der Waals surface area contributed by atoms with Crippen molar-refractivity contribution >= 4 is 11.6 Å². The number of carbonyl (C=O) groups is 1. The Hall–Kier alpha value is -3.26. The molecule has 8 heteroatoms. The number of carbonyl (C=O) groups excluding carboxylic acids is 1. The van der Waals surface area contributed by atoms with E-state index < -0.39 is 0 Å². The van der Waals surface area contributed by atoms with Crippen molar-refractivity contribution in [2.75, 3.05) is 41.6 Å². The Balaban J connectivity index is 1.69. The molecule has 2 aromatic rings. The van der Waals surface area contributed by atoms with Crippen molar-refractivity contribution in [1.29, 1.82) is 0 Å². The number of methoxy groups -OCH3 is 4. The molecule has 0 radical (unpaired) electrons. The molecule has 1 atom stereocenters. The second-order valence-corrected chi connectivity index (χ2v) is 7.10. The topological polar surface area (TPSA) is 78.8 Å². The van der Waals surface area contributed by atoms with Gasteiger partial charge in [-0.1, -0.05) is 17.3 Å². The van der Waals surface area contributed by atoms with Crippen molar-refractivity contribution in [3.05, 3.63) is 53.6 Å². The monoisotopic (exact) mass is 428 g/mol. The predicted molar refractivity (Wildman–Crippen MR) is 116 cm³/mol. The van der Waals surface area contributed by atoms with Crippen LogP contribution in [0.2, 0.25) is 0 Å². The lowest BCUT2D eigenvalue weighted by Gasteiger charge is -2.25. The van der Waals surface area contributed by atoms with Gasteiger partial charge in [0.25, 0.3) is 0 Å². The number of nitrogens with zero attached hydrogens (tertiary/aromatic N) is 2. The van der Waals surface area contributed by atoms with Crippen LogP contribution < -0.4 is 14.2 Å². The van der Waals surface area contributed by atoms with E-state index >= 15 is 0 Å². The minimum Gasteiger partial charge on any atom is -0.497 e. The molecule has 8 nitrogen and oxygen atoms in total. The molecule has 1 unspecified atom stereocenters. The Morgan fingerprint density at radius 3 is 2.58 bits per heavy atom. The Bertz CT molecular complexity index is 930. The van der Waals surface area contributed by atoms with Crippen molar-refractivity contribution in [3.63, 3.8) is 0 Å². The minimum absolute atomic E-state index is 0.0000809. The maximum Gasteiger partial charge on any atom is 0.248 e. The largest absolute Gasteiger partial charge is 0.497 e. The molecule has 1 aliphatic rings. The molecule has 2 aromatic carbocycles. The van der Waals surface area contributed by atoms with Crippen LogP contribution in [-0.4, -0.2) is 64.2 Å². The second-order valence-electron chi connectivity index (χ2n) is 7.10. The fourth-order valence-corrected chi connectivity index (χ4v) is 3.42. The van der Waals surface area contributed by atoms with Crippen LogP contribution >= 0.6 is 0 Å². The van der Waals surface area contributed by atoms with Gasteiger partial charge in [-0.3, -0.25) is 4.79 Å². The molecule has 0 aromatic heterocycles. The molecule has 0 N–H and O–H groups in total. The van der Waals surface area contributed by atoms with Crippen molar-refractivity contribution in [2.45, 2.75) is 19.1 Å². The molecule has 3 rings (SSSR count). The third kappa shape index (κ3) is 5.67. The fourth-order valence-electron chi connectivity index (χ4n) is 3.42. The number of ether oxygens (including phenoxy) is 4. The van der Waals surface area contributed by atoms with Gasteiger partial charge in [-0.25, -0.2) is 0 Å². The van der Waals surface area contributed by atoms with E-state index in [1.807, 2.05) is 42.5 Å². The van der Waals surface area contributed by atoms with Gasteiger partial charge in [-0.15, -0.1) is 0 Å². The standard InChI is InChI=1S/C23H28N2O6/c1-27-15-23(26)25(13-16-6-5-7-18(10-16)28-2)14-19-12-20(24-31-19)17-8-9-21(29-3)22(11-17)30-4/h5-11,19H,12-15H2,1-4H3. The average Bonchev–Trinajstić information content (AvgIpc) is 3.27. The molecule has 1 heterocycles. The first-order valence-corrected chi connectivity index (χ1v) is 9.92. The van der Waals surface area contributed by atoms with E-state index in [1.54, 1.807) is 26.2 Å². The molecule has 1 amide bonds. The van der Waals surface area contributed by atoms with Crippen LogP contribution in [0.1, 0.15) is 17.5 Å². The van der Waals surface area contributed by atoms with Crippen molar-refractivity contribution in [1.82, 2.24) is 4.90 Å². The van der Waals surface area contributed by atoms with Crippen LogP contribution in [-0.2, 0) is 20.9 Å². The van der Waals surface area contributed by atoms with Gasteiger partial charge in [0.1, 0.15) is 12.4 Å². The summed E-state index contributed by atoms with van der Waals surface area (Å²) in [5, 5.41) is 4.24. The Morgan fingerprint density at radius 1 is 1.06 bits per heavy atom. The lowest BCUT2D eigenvalue weighted by atomic mass is 10.0. The third-order valence-electron chi connectivity index (χ3n) is 5.00. The minimum atomic E-state index is -0.255. The highest BCUT2D eigenvalue weighted by molar-refractivity contribution is 6.01. The van der Waals surface area contributed by atoms with Gasteiger partial charge < -0.3 is 28.7 Å². The number of oxime groups is 1. The lowest BCUT2D eigenvalue weighted by Crippen LogP contribution is -2.39. The summed E-state index contributed by atoms with van der Waals surface area (Å²) in [5.41, 5.74) is 2.65. The molecule has 0 spiro atoms. The molecular weight excluding hydrogens is 400 g/mol. The maximum absolute atomic E-state index is 12.6. The van der Waals surface area contributed by atoms with Crippen LogP contribution in [0.4, 0.5) is 0 Å². The summed E-state index contributed by atoms with van der Waals surface area (Å²) in [6, 6.07) is 13.3. The Kier molecular flexibility index (Phi) is 7.72. The van der Waals surface area contributed by atoms with Crippen LogP contribution in [0.5, 0.6) is 17.2 Å². The summed E-state index contributed by atoms with van der Waals surface area (Å²) in [7, 11) is 6.31. The lowest BCUT2D eigenvalue weighted by molar-refractivity contribution is -0.137. The molecule has 1 aliphatic heterocycles. The summed E-state index contributed by atoms with van der Waals surface area (Å²) in [6.07, 6.45) is 0.319. The predicted octanol–water partition coefficient (Wildman–Crippen LogP) is 2.88. The van der Waals surface area contributed by atoms with Crippen molar-refractivity contribution < 1.29 is 28.6 Å². The summed E-state index contributed by atoms with van der Waals surface area (Å²) in [5.74, 6) is 1.90. The molecule has 31 heavy (non-hydrogen) atoms. The highest BCUT2D eigenvalue weighted by Gasteiger charge is 2.27. The molecule has 0 saturated carbocycles. The van der Waals surface area contributed by atoms with E-state index in [1.165, 1.54) is 7.11 Å². The zero-order valence-electron chi connectivity index (χ0n) is 18.3. The first-order valence-electron chi connectivity index (χ1n) is 9.92. The molecular formula is C23H28N2O6. The van der Waals surface area contributed by atoms with E-state index in [0.29, 0.717) is 31.0 Å². The van der Waals surface area contributed by atoms with Gasteiger partial charge in [0.2, 0.25) is 5.91 Å². The first-order chi connectivity index (χ1) is 15.1. The molecule has 166 valence electrons. The first kappa shape index (κ1) is 22.4. The van der Waals surface area contributed by atoms with Gasteiger partial charge in [0, 0.05) is 25.6 Å². The quantitative estimate of drug-likeness (QED) is 0.579. The zero-order chi connectivity index (χ0) is 22.2. The smallest absolute Gasteiger partial charge is 0.248 e. The highest BCUT2D eigenvalue weighted by Crippen LogP contribution is 2.29. The van der Waals surface area contributed by atoms with Crippen LogP contribution in [0.3, 0.4) is 0 Å². The van der Waals surface area contributed by atoms with E-state index in [2.05, 4.69) is 5.16 Å². The summed E-state index contributed by atoms with van der Waals surface area (Å²) < 4.78 is 21.0. The normalized spacial score (nSPS) is 15.1. The average molecular weight is 428 g/mol. The molecule has 0 saturated heterocycles. The van der Waals surface area contributed by atoms with E-state index in [9.17, 15) is 4.79 Å². The number of hydrogen-bond acceptors (Lipinski definition) is 7. The van der Waals surface area contributed by atoms with Gasteiger partial charge in [0.15, 0.2) is 17.6 Å². The second kappa shape index (κ2) is 10.7. The number of rotatable bonds is 10. The molecule has 0 fully saturated rings. The van der Waals surface area contributed by atoms with Crippen molar-refractivity contribution in [3.8, 4) is 17.2 Å². The van der Waals surface area contributed by atoms with Gasteiger partial charge in [0.05, 0.1) is 33.6 Å². The summed E-state index contributed by atoms with van der Waals surface area (Å²) in [4.78, 5) is 20.0. The summed E-state index contributed by atoms with van der Waals surface area (Å²) >= 11 is 0. The number of benzene rings is 2. The SMILES string of the molecule is COCC(=O)N(Cc1cccc(OC)c1)CC1CC(c2ccc(OC)c(OC)c2)=NO1. The number of amides is 1. The van der Waals surface area contributed by atoms with Crippen LogP contribution in [0, 0.1) is 0 Å². The molecule has 0 aliphatic carbocycles. The van der Waals surface area contributed by atoms with Gasteiger partial charge in [-0.2, -0.15) is 0 Å². The van der Waals surface area contributed by atoms with E-state index in [0.717, 1.165) is 22.6 Å². The van der Waals surface area contributed by atoms with Crippen LogP contribution in [0.25, 0.3) is 0 Å². The van der Waals surface area contributed by atoms with Crippen LogP contribution in [0.15, 0.2) is 47.6 Å².